The largest absolute Gasteiger partial charge is 0.459 e. The fourth-order valence-corrected chi connectivity index (χ4v) is 4.72. The highest BCUT2D eigenvalue weighted by Gasteiger charge is 2.67. The number of hydrogen-bond donors (Lipinski definition) is 0. The Morgan fingerprint density at radius 3 is 2.64 bits per heavy atom. The molecule has 0 aliphatic carbocycles. The van der Waals surface area contributed by atoms with Gasteiger partial charge in [0.2, 0.25) is 0 Å². The predicted octanol–water partition coefficient (Wildman–Crippen LogP) is 0.311. The molecule has 0 N–H and O–H groups in total. The zero-order valence-corrected chi connectivity index (χ0v) is 14.0. The molecule has 5 atom stereocenters. The predicted molar refractivity (Wildman–Crippen MR) is 76.1 cm³/mol. The Morgan fingerprint density at radius 1 is 1.32 bits per heavy atom. The minimum Gasteiger partial charge on any atom is -0.459 e. The van der Waals surface area contributed by atoms with E-state index in [1.54, 1.807) is 0 Å². The van der Waals surface area contributed by atoms with Gasteiger partial charge in [0.1, 0.15) is 17.5 Å². The Hall–Kier alpha value is -1.59. The molecular weight excluding hydrogens is 366 g/mol. The lowest BCUT2D eigenvalue weighted by Crippen LogP contribution is -2.41. The molecule has 5 unspecified atom stereocenters. The molecule has 3 aliphatic heterocycles. The molecule has 3 heterocycles. The molecule has 3 saturated heterocycles. The molecule has 2 bridgehead atoms. The van der Waals surface area contributed by atoms with E-state index in [9.17, 15) is 26.8 Å². The van der Waals surface area contributed by atoms with E-state index in [1.807, 2.05) is 0 Å². The van der Waals surface area contributed by atoms with Gasteiger partial charge in [-0.05, 0) is 6.42 Å². The molecule has 3 rings (SSSR count). The average molecular weight is 382 g/mol. The lowest BCUT2D eigenvalue weighted by atomic mass is 9.94. The van der Waals surface area contributed by atoms with Crippen LogP contribution in [-0.4, -0.2) is 62.6 Å². The van der Waals surface area contributed by atoms with E-state index in [4.69, 9.17) is 13.7 Å². The molecule has 25 heavy (non-hydrogen) atoms. The fourth-order valence-electron chi connectivity index (χ4n) is 3.08. The zero-order chi connectivity index (χ0) is 18.6. The molecule has 0 saturated carbocycles. The molecule has 0 amide bonds. The first kappa shape index (κ1) is 18.2. The monoisotopic (exact) mass is 382 g/mol. The summed E-state index contributed by atoms with van der Waals surface area (Å²) in [7, 11) is -3.74. The summed E-state index contributed by atoms with van der Waals surface area (Å²) in [6, 6.07) is 0. The van der Waals surface area contributed by atoms with Gasteiger partial charge >= 0.3 is 11.9 Å². The van der Waals surface area contributed by atoms with Crippen molar-refractivity contribution < 1.29 is 45.2 Å². The smallest absolute Gasteiger partial charge is 0.334 e. The van der Waals surface area contributed by atoms with Crippen molar-refractivity contribution in [1.29, 1.82) is 0 Å². The summed E-state index contributed by atoms with van der Waals surface area (Å²) in [4.78, 5) is 23.4. The second-order valence-corrected chi connectivity index (χ2v) is 8.13. The van der Waals surface area contributed by atoms with Crippen LogP contribution in [0.4, 0.5) is 8.78 Å². The summed E-state index contributed by atoms with van der Waals surface area (Å²) in [6.07, 6.45) is -3.61. The highest BCUT2D eigenvalue weighted by Crippen LogP contribution is 2.47. The number of ether oxygens (including phenoxy) is 3. The van der Waals surface area contributed by atoms with Crippen molar-refractivity contribution in [1.82, 2.24) is 0 Å². The standard InChI is InChI=1S/C14H16F2O8S/c1-6(3-9(17)21-5-14(2,15)16)13(18)23-10-7-4-8-11(22-7)12(10)24-25(8,19)20/h7-8,10-12H,1,3-5H2,2H3. The van der Waals surface area contributed by atoms with Crippen LogP contribution in [0.15, 0.2) is 12.2 Å². The van der Waals surface area contributed by atoms with Gasteiger partial charge in [-0.15, -0.1) is 0 Å². The first-order chi connectivity index (χ1) is 11.5. The second kappa shape index (κ2) is 5.99. The van der Waals surface area contributed by atoms with Gasteiger partial charge in [0.05, 0.1) is 12.5 Å². The van der Waals surface area contributed by atoms with Crippen LogP contribution < -0.4 is 0 Å². The van der Waals surface area contributed by atoms with Crippen molar-refractivity contribution in [3.63, 3.8) is 0 Å². The maximum absolute atomic E-state index is 12.6. The summed E-state index contributed by atoms with van der Waals surface area (Å²) >= 11 is 0. The lowest BCUT2D eigenvalue weighted by Gasteiger charge is -2.22. The Morgan fingerprint density at radius 2 is 2.00 bits per heavy atom. The van der Waals surface area contributed by atoms with E-state index in [-0.39, 0.29) is 12.0 Å². The van der Waals surface area contributed by atoms with Crippen LogP contribution in [0.1, 0.15) is 19.8 Å². The summed E-state index contributed by atoms with van der Waals surface area (Å²) < 4.78 is 68.7. The number of rotatable bonds is 6. The number of carbonyl (C=O) groups excluding carboxylic acids is 2. The third kappa shape index (κ3) is 3.53. The number of halogens is 2. The van der Waals surface area contributed by atoms with E-state index in [0.717, 1.165) is 0 Å². The number of alkyl halides is 2. The molecule has 8 nitrogen and oxygen atoms in total. The Kier molecular flexibility index (Phi) is 4.36. The van der Waals surface area contributed by atoms with E-state index in [1.165, 1.54) is 0 Å². The van der Waals surface area contributed by atoms with Gasteiger partial charge in [0.15, 0.2) is 12.7 Å². The van der Waals surface area contributed by atoms with Gasteiger partial charge in [-0.2, -0.15) is 8.42 Å². The van der Waals surface area contributed by atoms with Crippen LogP contribution in [-0.2, 0) is 38.1 Å². The quantitative estimate of drug-likeness (QED) is 0.367. The molecule has 0 aromatic carbocycles. The van der Waals surface area contributed by atoms with Gasteiger partial charge in [-0.25, -0.2) is 13.6 Å². The van der Waals surface area contributed by atoms with Crippen LogP contribution in [0.25, 0.3) is 0 Å². The number of fused-ring (bicyclic) bond motifs is 1. The molecular formula is C14H16F2O8S. The van der Waals surface area contributed by atoms with Crippen molar-refractivity contribution >= 4 is 22.1 Å². The van der Waals surface area contributed by atoms with E-state index >= 15 is 0 Å². The Balaban J connectivity index is 1.53. The summed E-state index contributed by atoms with van der Waals surface area (Å²) in [5.74, 6) is -5.20. The first-order valence-corrected chi connectivity index (χ1v) is 8.95. The maximum Gasteiger partial charge on any atom is 0.334 e. The van der Waals surface area contributed by atoms with Crippen LogP contribution in [0.5, 0.6) is 0 Å². The van der Waals surface area contributed by atoms with Crippen molar-refractivity contribution in [2.24, 2.45) is 0 Å². The van der Waals surface area contributed by atoms with Crippen molar-refractivity contribution in [3.05, 3.63) is 12.2 Å². The minimum absolute atomic E-state index is 0.154. The molecule has 0 radical (unpaired) electrons. The molecule has 0 aromatic heterocycles. The lowest BCUT2D eigenvalue weighted by molar-refractivity contribution is -0.156. The summed E-state index contributed by atoms with van der Waals surface area (Å²) in [5.41, 5.74) is -0.301. The van der Waals surface area contributed by atoms with Crippen molar-refractivity contribution in [2.45, 2.75) is 55.4 Å². The Bertz CT molecular complexity index is 713. The van der Waals surface area contributed by atoms with Crippen LogP contribution >= 0.6 is 0 Å². The number of carbonyl (C=O) groups is 2. The summed E-state index contributed by atoms with van der Waals surface area (Å²) in [6.45, 7) is 2.85. The normalized spacial score (nSPS) is 34.8. The molecule has 11 heteroatoms. The molecule has 140 valence electrons. The van der Waals surface area contributed by atoms with Crippen LogP contribution in [0, 0.1) is 0 Å². The SMILES string of the molecule is C=C(CC(=O)OCC(C)(F)F)C(=O)OC1C2CC3C(O2)C1OS3(=O)=O. The summed E-state index contributed by atoms with van der Waals surface area (Å²) in [5, 5.41) is -0.758. The van der Waals surface area contributed by atoms with Gasteiger partial charge in [-0.3, -0.25) is 8.98 Å². The van der Waals surface area contributed by atoms with Gasteiger partial charge in [0.25, 0.3) is 16.0 Å². The first-order valence-electron chi connectivity index (χ1n) is 7.48. The zero-order valence-electron chi connectivity index (χ0n) is 13.1. The number of hydrogen-bond acceptors (Lipinski definition) is 8. The van der Waals surface area contributed by atoms with Crippen LogP contribution in [0.3, 0.4) is 0 Å². The maximum atomic E-state index is 12.6. The third-order valence-electron chi connectivity index (χ3n) is 4.17. The van der Waals surface area contributed by atoms with Gasteiger partial charge in [0, 0.05) is 12.5 Å². The van der Waals surface area contributed by atoms with Crippen molar-refractivity contribution in [2.75, 3.05) is 6.61 Å². The molecule has 3 fully saturated rings. The molecule has 0 spiro atoms. The van der Waals surface area contributed by atoms with Crippen molar-refractivity contribution in [3.8, 4) is 0 Å². The second-order valence-electron chi connectivity index (χ2n) is 6.35. The fraction of sp³-hybridized carbons (Fsp3) is 0.714. The van der Waals surface area contributed by atoms with E-state index in [2.05, 4.69) is 11.3 Å². The highest BCUT2D eigenvalue weighted by molar-refractivity contribution is 7.87. The average Bonchev–Trinajstić information content (AvgIpc) is 3.08. The highest BCUT2D eigenvalue weighted by atomic mass is 32.2. The van der Waals surface area contributed by atoms with Gasteiger partial charge in [-0.1, -0.05) is 6.58 Å². The molecule has 3 aliphatic rings. The Labute approximate surface area is 142 Å². The van der Waals surface area contributed by atoms with Gasteiger partial charge < -0.3 is 14.2 Å². The topological polar surface area (TPSA) is 105 Å². The number of esters is 2. The minimum atomic E-state index is -3.74. The van der Waals surface area contributed by atoms with E-state index < -0.39 is 70.7 Å². The van der Waals surface area contributed by atoms with E-state index in [0.29, 0.717) is 6.92 Å². The van der Waals surface area contributed by atoms with Crippen LogP contribution in [0.2, 0.25) is 0 Å². The third-order valence-corrected chi connectivity index (χ3v) is 5.86. The molecule has 0 aromatic rings.